The van der Waals surface area contributed by atoms with Gasteiger partial charge in [0.1, 0.15) is 24.1 Å². The zero-order valence-corrected chi connectivity index (χ0v) is 16.3. The summed E-state index contributed by atoms with van der Waals surface area (Å²) in [5.74, 6) is 1.42. The van der Waals surface area contributed by atoms with Crippen molar-refractivity contribution in [3.05, 3.63) is 12.4 Å². The van der Waals surface area contributed by atoms with E-state index in [4.69, 9.17) is 0 Å². The first-order valence-corrected chi connectivity index (χ1v) is 10.1. The highest BCUT2D eigenvalue weighted by atomic mass is 16.3. The topological polar surface area (TPSA) is 102 Å². The highest BCUT2D eigenvalue weighted by molar-refractivity contribution is 5.82. The molecule has 1 atom stereocenters. The maximum atomic E-state index is 12.1. The number of aromatic nitrogens is 2. The first-order valence-electron chi connectivity index (χ1n) is 10.1. The third kappa shape index (κ3) is 4.19. The summed E-state index contributed by atoms with van der Waals surface area (Å²) in [6, 6.07) is 2.19. The van der Waals surface area contributed by atoms with Gasteiger partial charge in [-0.2, -0.15) is 0 Å². The third-order valence-electron chi connectivity index (χ3n) is 5.92. The molecule has 28 heavy (non-hydrogen) atoms. The lowest BCUT2D eigenvalue weighted by Gasteiger charge is -2.35. The van der Waals surface area contributed by atoms with Crippen LogP contribution in [-0.2, 0) is 9.59 Å². The summed E-state index contributed by atoms with van der Waals surface area (Å²) in [5.41, 5.74) is 0. The SMILES string of the molecule is CN1CCN(c2cc(N3CCC(C(O)C(=O)NC4CC4)CC3)ncn2)CC1=O. The Morgan fingerprint density at radius 3 is 2.43 bits per heavy atom. The van der Waals surface area contributed by atoms with Gasteiger partial charge in [-0.25, -0.2) is 9.97 Å². The summed E-state index contributed by atoms with van der Waals surface area (Å²) >= 11 is 0. The molecule has 0 spiro atoms. The number of carbonyl (C=O) groups excluding carboxylic acids is 2. The molecule has 1 saturated carbocycles. The highest BCUT2D eigenvalue weighted by Crippen LogP contribution is 2.27. The molecular formula is C19H28N6O3. The molecule has 3 fully saturated rings. The van der Waals surface area contributed by atoms with Crippen LogP contribution in [0.4, 0.5) is 11.6 Å². The number of aliphatic hydroxyl groups excluding tert-OH is 1. The maximum absolute atomic E-state index is 12.1. The summed E-state index contributed by atoms with van der Waals surface area (Å²) < 4.78 is 0. The van der Waals surface area contributed by atoms with Crippen LogP contribution >= 0.6 is 0 Å². The number of likely N-dealkylation sites (N-methyl/N-ethyl adjacent to an activating group) is 1. The molecule has 1 aliphatic carbocycles. The molecule has 2 amide bonds. The molecule has 1 aromatic heterocycles. The fourth-order valence-corrected chi connectivity index (χ4v) is 3.81. The van der Waals surface area contributed by atoms with Crippen LogP contribution in [0.1, 0.15) is 25.7 Å². The highest BCUT2D eigenvalue weighted by Gasteiger charge is 2.33. The van der Waals surface area contributed by atoms with E-state index in [9.17, 15) is 14.7 Å². The smallest absolute Gasteiger partial charge is 0.249 e. The number of piperazine rings is 1. The summed E-state index contributed by atoms with van der Waals surface area (Å²) in [4.78, 5) is 38.6. The Labute approximate surface area is 164 Å². The van der Waals surface area contributed by atoms with E-state index in [0.29, 0.717) is 13.1 Å². The van der Waals surface area contributed by atoms with Crippen LogP contribution in [0, 0.1) is 5.92 Å². The fourth-order valence-electron chi connectivity index (χ4n) is 3.81. The number of hydrogen-bond donors (Lipinski definition) is 2. The standard InChI is InChI=1S/C19H28N6O3/c1-23-8-9-25(11-17(23)26)16-10-15(20-12-21-16)24-6-4-13(5-7-24)18(27)19(28)22-14-2-3-14/h10,12-14,18,27H,2-9,11H2,1H3,(H,22,28). The van der Waals surface area contributed by atoms with Crippen molar-refractivity contribution in [3.8, 4) is 0 Å². The number of nitrogens with one attached hydrogen (secondary N) is 1. The Balaban J connectivity index is 1.34. The van der Waals surface area contributed by atoms with Gasteiger partial charge in [0.15, 0.2) is 0 Å². The van der Waals surface area contributed by atoms with Crippen molar-refractivity contribution in [1.82, 2.24) is 20.2 Å². The summed E-state index contributed by atoms with van der Waals surface area (Å²) in [7, 11) is 1.81. The normalized spacial score (nSPS) is 22.4. The van der Waals surface area contributed by atoms with E-state index >= 15 is 0 Å². The van der Waals surface area contributed by atoms with Crippen LogP contribution in [0.25, 0.3) is 0 Å². The monoisotopic (exact) mass is 388 g/mol. The molecule has 2 saturated heterocycles. The van der Waals surface area contributed by atoms with Crippen molar-refractivity contribution in [2.45, 2.75) is 37.8 Å². The summed E-state index contributed by atoms with van der Waals surface area (Å²) in [6.07, 6.45) is 4.13. The number of aliphatic hydroxyl groups is 1. The van der Waals surface area contributed by atoms with Crippen molar-refractivity contribution >= 4 is 23.5 Å². The van der Waals surface area contributed by atoms with Crippen LogP contribution in [0.2, 0.25) is 0 Å². The number of hydrogen-bond acceptors (Lipinski definition) is 7. The Bertz CT molecular complexity index is 732. The minimum atomic E-state index is -0.930. The Morgan fingerprint density at radius 1 is 1.11 bits per heavy atom. The van der Waals surface area contributed by atoms with Crippen molar-refractivity contribution < 1.29 is 14.7 Å². The molecule has 0 radical (unpaired) electrons. The van der Waals surface area contributed by atoms with Crippen LogP contribution in [0.5, 0.6) is 0 Å². The van der Waals surface area contributed by atoms with Crippen LogP contribution < -0.4 is 15.1 Å². The maximum Gasteiger partial charge on any atom is 0.249 e. The van der Waals surface area contributed by atoms with Crippen molar-refractivity contribution in [2.24, 2.45) is 5.92 Å². The quantitative estimate of drug-likeness (QED) is 0.708. The predicted molar refractivity (Wildman–Crippen MR) is 104 cm³/mol. The number of piperidine rings is 1. The lowest BCUT2D eigenvalue weighted by molar-refractivity contribution is -0.132. The molecule has 152 valence electrons. The van der Waals surface area contributed by atoms with Gasteiger partial charge in [0.2, 0.25) is 11.8 Å². The third-order valence-corrected chi connectivity index (χ3v) is 5.92. The molecule has 1 aromatic rings. The van der Waals surface area contributed by atoms with Crippen LogP contribution in [-0.4, -0.2) is 83.7 Å². The molecular weight excluding hydrogens is 360 g/mol. The van der Waals surface area contributed by atoms with Gasteiger partial charge in [-0.15, -0.1) is 0 Å². The summed E-state index contributed by atoms with van der Waals surface area (Å²) in [6.45, 7) is 3.23. The fraction of sp³-hybridized carbons (Fsp3) is 0.684. The molecule has 4 rings (SSSR count). The molecule has 2 N–H and O–H groups in total. The van der Waals surface area contributed by atoms with Gasteiger partial charge >= 0.3 is 0 Å². The van der Waals surface area contributed by atoms with E-state index in [1.54, 1.807) is 4.90 Å². The molecule has 0 aromatic carbocycles. The summed E-state index contributed by atoms with van der Waals surface area (Å²) in [5, 5.41) is 13.2. The molecule has 1 unspecified atom stereocenters. The van der Waals surface area contributed by atoms with Gasteiger partial charge < -0.3 is 25.1 Å². The van der Waals surface area contributed by atoms with Crippen molar-refractivity contribution in [2.75, 3.05) is 49.6 Å². The zero-order valence-electron chi connectivity index (χ0n) is 16.3. The van der Waals surface area contributed by atoms with Crippen molar-refractivity contribution in [1.29, 1.82) is 0 Å². The van der Waals surface area contributed by atoms with Gasteiger partial charge in [0, 0.05) is 45.3 Å². The van der Waals surface area contributed by atoms with Gasteiger partial charge in [0.25, 0.3) is 0 Å². The predicted octanol–water partition coefficient (Wildman–Crippen LogP) is -0.389. The van der Waals surface area contributed by atoms with Crippen LogP contribution in [0.15, 0.2) is 12.4 Å². The number of amides is 2. The lowest BCUT2D eigenvalue weighted by Crippen LogP contribution is -2.49. The lowest BCUT2D eigenvalue weighted by atomic mass is 9.90. The molecule has 0 bridgehead atoms. The minimum Gasteiger partial charge on any atom is -0.383 e. The second kappa shape index (κ2) is 7.90. The van der Waals surface area contributed by atoms with Gasteiger partial charge in [-0.05, 0) is 31.6 Å². The Kier molecular flexibility index (Phi) is 5.34. The molecule has 9 heteroatoms. The first kappa shape index (κ1) is 18.9. The van der Waals surface area contributed by atoms with Gasteiger partial charge in [-0.3, -0.25) is 9.59 Å². The average Bonchev–Trinajstić information content (AvgIpc) is 3.53. The van der Waals surface area contributed by atoms with E-state index in [2.05, 4.69) is 20.2 Å². The molecule has 2 aliphatic heterocycles. The van der Waals surface area contributed by atoms with E-state index in [1.165, 1.54) is 6.33 Å². The second-order valence-electron chi connectivity index (χ2n) is 8.02. The van der Waals surface area contributed by atoms with E-state index in [1.807, 2.05) is 18.0 Å². The molecule has 3 heterocycles. The first-order chi connectivity index (χ1) is 13.5. The van der Waals surface area contributed by atoms with Crippen molar-refractivity contribution in [3.63, 3.8) is 0 Å². The Hall–Kier alpha value is -2.42. The van der Waals surface area contributed by atoms with Crippen LogP contribution in [0.3, 0.4) is 0 Å². The van der Waals surface area contributed by atoms with E-state index in [0.717, 1.165) is 57.0 Å². The second-order valence-corrected chi connectivity index (χ2v) is 8.02. The van der Waals surface area contributed by atoms with E-state index < -0.39 is 6.10 Å². The van der Waals surface area contributed by atoms with E-state index in [-0.39, 0.29) is 23.8 Å². The minimum absolute atomic E-state index is 0.0217. The molecule has 9 nitrogen and oxygen atoms in total. The molecule has 3 aliphatic rings. The zero-order chi connectivity index (χ0) is 19.7. The number of rotatable bonds is 5. The average molecular weight is 388 g/mol. The number of nitrogens with zero attached hydrogens (tertiary/aromatic N) is 5. The number of carbonyl (C=O) groups is 2. The Morgan fingerprint density at radius 2 is 1.79 bits per heavy atom. The van der Waals surface area contributed by atoms with Gasteiger partial charge in [-0.1, -0.05) is 0 Å². The van der Waals surface area contributed by atoms with Gasteiger partial charge in [0.05, 0.1) is 6.54 Å². The largest absolute Gasteiger partial charge is 0.383 e. The number of anilines is 2.